The molecule has 2 rings (SSSR count). The minimum atomic E-state index is -1.32. The first-order chi connectivity index (χ1) is 10.8. The molecule has 0 aromatic heterocycles. The second kappa shape index (κ2) is 7.27. The smallest absolute Gasteiger partial charge is 0.223 e. The van der Waals surface area contributed by atoms with Crippen molar-refractivity contribution in [3.05, 3.63) is 29.3 Å². The summed E-state index contributed by atoms with van der Waals surface area (Å²) in [5.74, 6) is 0.151. The minimum Gasteiger partial charge on any atom is -0.462 e. The fraction of sp³-hybridized carbons (Fsp3) is 0.562. The summed E-state index contributed by atoms with van der Waals surface area (Å²) in [7, 11) is 0. The fourth-order valence-electron chi connectivity index (χ4n) is 2.63. The van der Waals surface area contributed by atoms with Gasteiger partial charge in [-0.15, -0.1) is 0 Å². The summed E-state index contributed by atoms with van der Waals surface area (Å²) in [6, 6.07) is 4.61. The van der Waals surface area contributed by atoms with Gasteiger partial charge in [0, 0.05) is 6.92 Å². The molecule has 1 fully saturated rings. The van der Waals surface area contributed by atoms with Crippen LogP contribution in [0.25, 0.3) is 0 Å². The van der Waals surface area contributed by atoms with Gasteiger partial charge in [-0.3, -0.25) is 4.79 Å². The minimum absolute atomic E-state index is 0.387. The third kappa shape index (κ3) is 4.00. The van der Waals surface area contributed by atoms with Crippen LogP contribution >= 0.6 is 0 Å². The lowest BCUT2D eigenvalue weighted by atomic mass is 9.97. The van der Waals surface area contributed by atoms with E-state index in [9.17, 15) is 20.1 Å². The van der Waals surface area contributed by atoms with Crippen molar-refractivity contribution in [1.29, 1.82) is 0 Å². The van der Waals surface area contributed by atoms with Crippen molar-refractivity contribution >= 4 is 5.91 Å². The number of rotatable bonds is 4. The van der Waals surface area contributed by atoms with Crippen LogP contribution in [-0.2, 0) is 9.53 Å². The number of ether oxygens (including phenoxy) is 2. The Morgan fingerprint density at radius 2 is 2.00 bits per heavy atom. The van der Waals surface area contributed by atoms with Crippen LogP contribution in [-0.4, -0.2) is 58.5 Å². The van der Waals surface area contributed by atoms with E-state index >= 15 is 0 Å². The summed E-state index contributed by atoms with van der Waals surface area (Å²) in [5.41, 5.74) is 1.94. The Labute approximate surface area is 134 Å². The molecule has 1 heterocycles. The third-order valence-electron chi connectivity index (χ3n) is 3.82. The van der Waals surface area contributed by atoms with Gasteiger partial charge < -0.3 is 30.1 Å². The second-order valence-corrected chi connectivity index (χ2v) is 5.82. The molecule has 4 N–H and O–H groups in total. The Morgan fingerprint density at radius 3 is 2.57 bits per heavy atom. The van der Waals surface area contributed by atoms with Crippen molar-refractivity contribution in [2.24, 2.45) is 0 Å². The molecule has 1 aromatic carbocycles. The van der Waals surface area contributed by atoms with Crippen LogP contribution in [0, 0.1) is 13.8 Å². The summed E-state index contributed by atoms with van der Waals surface area (Å²) >= 11 is 0. The molecule has 1 amide bonds. The fourth-order valence-corrected chi connectivity index (χ4v) is 2.63. The van der Waals surface area contributed by atoms with Crippen molar-refractivity contribution < 1.29 is 29.6 Å². The zero-order valence-electron chi connectivity index (χ0n) is 13.4. The van der Waals surface area contributed by atoms with Crippen molar-refractivity contribution in [2.45, 2.75) is 51.4 Å². The monoisotopic (exact) mass is 325 g/mol. The van der Waals surface area contributed by atoms with Crippen molar-refractivity contribution in [3.63, 3.8) is 0 Å². The van der Waals surface area contributed by atoms with Gasteiger partial charge in [-0.2, -0.15) is 0 Å². The molecule has 1 aliphatic rings. The molecule has 7 heteroatoms. The van der Waals surface area contributed by atoms with Crippen molar-refractivity contribution in [3.8, 4) is 5.75 Å². The molecule has 0 spiro atoms. The molecule has 0 radical (unpaired) electrons. The van der Waals surface area contributed by atoms with E-state index in [1.165, 1.54) is 6.92 Å². The van der Waals surface area contributed by atoms with E-state index in [0.29, 0.717) is 5.75 Å². The van der Waals surface area contributed by atoms with Crippen LogP contribution in [0.2, 0.25) is 0 Å². The zero-order chi connectivity index (χ0) is 17.1. The number of benzene rings is 1. The Morgan fingerprint density at radius 1 is 1.30 bits per heavy atom. The quantitative estimate of drug-likeness (QED) is 0.601. The Kier molecular flexibility index (Phi) is 5.59. The first kappa shape index (κ1) is 17.7. The highest BCUT2D eigenvalue weighted by Gasteiger charge is 2.46. The zero-order valence-corrected chi connectivity index (χ0v) is 13.4. The lowest BCUT2D eigenvalue weighted by Gasteiger charge is -2.42. The number of nitrogens with one attached hydrogen (secondary N) is 1. The first-order valence-corrected chi connectivity index (χ1v) is 7.47. The first-order valence-electron chi connectivity index (χ1n) is 7.47. The molecule has 1 saturated heterocycles. The van der Waals surface area contributed by atoms with E-state index in [-0.39, 0.29) is 5.91 Å². The van der Waals surface area contributed by atoms with Crippen molar-refractivity contribution in [2.75, 3.05) is 6.61 Å². The Bertz CT molecular complexity index is 564. The van der Waals surface area contributed by atoms with Gasteiger partial charge in [0.15, 0.2) is 0 Å². The standard InChI is InChI=1S/C16H23NO6/c1-8-4-5-11(9(2)6-8)22-16-13(17-10(3)19)15(21)14(20)12(7-18)23-16/h4-6,12-16,18,20-21H,7H2,1-3H3,(H,17,19)/t12-,13+,14-,15-,16-/m1/s1. The number of aliphatic hydroxyl groups is 3. The van der Waals surface area contributed by atoms with Gasteiger partial charge in [0.2, 0.25) is 12.2 Å². The summed E-state index contributed by atoms with van der Waals surface area (Å²) < 4.78 is 11.3. The molecule has 1 aromatic rings. The van der Waals surface area contributed by atoms with E-state index in [1.54, 1.807) is 6.07 Å². The van der Waals surface area contributed by atoms with Gasteiger partial charge >= 0.3 is 0 Å². The van der Waals surface area contributed by atoms with Gasteiger partial charge in [-0.1, -0.05) is 17.7 Å². The Hall–Kier alpha value is -1.67. The highest BCUT2D eigenvalue weighted by atomic mass is 16.7. The molecular weight excluding hydrogens is 302 g/mol. The molecule has 128 valence electrons. The normalized spacial score (nSPS) is 30.8. The Balaban J connectivity index is 2.25. The predicted molar refractivity (Wildman–Crippen MR) is 81.9 cm³/mol. The highest BCUT2D eigenvalue weighted by Crippen LogP contribution is 2.26. The molecule has 1 aliphatic heterocycles. The molecule has 0 aliphatic carbocycles. The molecule has 23 heavy (non-hydrogen) atoms. The van der Waals surface area contributed by atoms with E-state index in [4.69, 9.17) is 9.47 Å². The van der Waals surface area contributed by atoms with Gasteiger partial charge in [0.1, 0.15) is 30.1 Å². The van der Waals surface area contributed by atoms with E-state index in [2.05, 4.69) is 5.32 Å². The molecular formula is C16H23NO6. The number of aliphatic hydroxyl groups excluding tert-OH is 3. The summed E-state index contributed by atoms with van der Waals surface area (Å²) in [5, 5.41) is 32.0. The maximum Gasteiger partial charge on any atom is 0.223 e. The largest absolute Gasteiger partial charge is 0.462 e. The number of hydrogen-bond donors (Lipinski definition) is 4. The maximum absolute atomic E-state index is 11.4. The summed E-state index contributed by atoms with van der Waals surface area (Å²) in [6.45, 7) is 4.65. The van der Waals surface area contributed by atoms with Gasteiger partial charge in [0.25, 0.3) is 0 Å². The summed E-state index contributed by atoms with van der Waals surface area (Å²) in [6.07, 6.45) is -4.67. The second-order valence-electron chi connectivity index (χ2n) is 5.82. The third-order valence-corrected chi connectivity index (χ3v) is 3.82. The number of hydrogen-bond acceptors (Lipinski definition) is 6. The lowest BCUT2D eigenvalue weighted by molar-refractivity contribution is -0.244. The van der Waals surface area contributed by atoms with Crippen LogP contribution in [0.3, 0.4) is 0 Å². The average molecular weight is 325 g/mol. The average Bonchev–Trinajstić information content (AvgIpc) is 2.48. The van der Waals surface area contributed by atoms with Gasteiger partial charge in [0.05, 0.1) is 6.61 Å². The van der Waals surface area contributed by atoms with Crippen molar-refractivity contribution in [1.82, 2.24) is 5.32 Å². The molecule has 0 saturated carbocycles. The van der Waals surface area contributed by atoms with Crippen LogP contribution in [0.5, 0.6) is 5.75 Å². The molecule has 0 bridgehead atoms. The highest BCUT2D eigenvalue weighted by molar-refractivity contribution is 5.73. The predicted octanol–water partition coefficient (Wildman–Crippen LogP) is -0.374. The van der Waals surface area contributed by atoms with Crippen LogP contribution in [0.15, 0.2) is 18.2 Å². The van der Waals surface area contributed by atoms with Crippen LogP contribution < -0.4 is 10.1 Å². The SMILES string of the molecule is CC(=O)N[C@@H]1[C@H](Oc2ccc(C)cc2C)O[C@H](CO)[C@@H](O)[C@@H]1O. The number of carbonyl (C=O) groups excluding carboxylic acids is 1. The summed E-state index contributed by atoms with van der Waals surface area (Å²) in [4.78, 5) is 11.4. The molecule has 7 nitrogen and oxygen atoms in total. The number of amides is 1. The van der Waals surface area contributed by atoms with Gasteiger partial charge in [-0.25, -0.2) is 0 Å². The van der Waals surface area contributed by atoms with Gasteiger partial charge in [-0.05, 0) is 25.5 Å². The maximum atomic E-state index is 11.4. The van der Waals surface area contributed by atoms with Crippen LogP contribution in [0.1, 0.15) is 18.1 Å². The molecule has 5 atom stereocenters. The van der Waals surface area contributed by atoms with E-state index in [0.717, 1.165) is 11.1 Å². The topological polar surface area (TPSA) is 108 Å². The van der Waals surface area contributed by atoms with Crippen LogP contribution in [0.4, 0.5) is 0 Å². The number of aryl methyl sites for hydroxylation is 2. The lowest BCUT2D eigenvalue weighted by Crippen LogP contribution is -2.65. The molecule has 0 unspecified atom stereocenters. The van der Waals surface area contributed by atoms with E-state index < -0.39 is 37.3 Å². The van der Waals surface area contributed by atoms with E-state index in [1.807, 2.05) is 26.0 Å². The number of carbonyl (C=O) groups is 1.